The van der Waals surface area contributed by atoms with Gasteiger partial charge in [-0.3, -0.25) is 14.5 Å². The van der Waals surface area contributed by atoms with Crippen molar-refractivity contribution in [2.75, 3.05) is 18.4 Å². The first kappa shape index (κ1) is 17.2. The number of aromatic nitrogens is 2. The SMILES string of the molecule is CC(C)N1CCNC(=O)C1CC(=O)Nc1cccc(-c2cnc[nH]2)c1. The number of hydrogen-bond donors (Lipinski definition) is 3. The van der Waals surface area contributed by atoms with E-state index in [-0.39, 0.29) is 24.3 Å². The van der Waals surface area contributed by atoms with E-state index in [2.05, 4.69) is 25.5 Å². The molecule has 7 heteroatoms. The maximum atomic E-state index is 12.5. The Kier molecular flexibility index (Phi) is 5.14. The second kappa shape index (κ2) is 7.48. The van der Waals surface area contributed by atoms with Gasteiger partial charge in [0.25, 0.3) is 0 Å². The number of H-pyrrole nitrogens is 1. The van der Waals surface area contributed by atoms with Crippen LogP contribution in [0, 0.1) is 0 Å². The van der Waals surface area contributed by atoms with Gasteiger partial charge < -0.3 is 15.6 Å². The minimum absolute atomic E-state index is 0.0821. The summed E-state index contributed by atoms with van der Waals surface area (Å²) >= 11 is 0. The highest BCUT2D eigenvalue weighted by Gasteiger charge is 2.32. The monoisotopic (exact) mass is 341 g/mol. The van der Waals surface area contributed by atoms with Gasteiger partial charge in [-0.05, 0) is 26.0 Å². The topological polar surface area (TPSA) is 90.1 Å². The number of carbonyl (C=O) groups excluding carboxylic acids is 2. The number of aromatic amines is 1. The lowest BCUT2D eigenvalue weighted by Gasteiger charge is -2.37. The molecule has 1 atom stereocenters. The zero-order valence-corrected chi connectivity index (χ0v) is 14.5. The van der Waals surface area contributed by atoms with Crippen molar-refractivity contribution in [2.24, 2.45) is 0 Å². The molecule has 2 amide bonds. The highest BCUT2D eigenvalue weighted by Crippen LogP contribution is 2.21. The summed E-state index contributed by atoms with van der Waals surface area (Å²) < 4.78 is 0. The summed E-state index contributed by atoms with van der Waals surface area (Å²) in [6.07, 6.45) is 3.48. The molecule has 1 aliphatic heterocycles. The van der Waals surface area contributed by atoms with Gasteiger partial charge in [-0.2, -0.15) is 0 Å². The predicted octanol–water partition coefficient (Wildman–Crippen LogP) is 1.61. The highest BCUT2D eigenvalue weighted by atomic mass is 16.2. The summed E-state index contributed by atoms with van der Waals surface area (Å²) in [5, 5.41) is 5.73. The van der Waals surface area contributed by atoms with Crippen LogP contribution < -0.4 is 10.6 Å². The van der Waals surface area contributed by atoms with Crippen molar-refractivity contribution < 1.29 is 9.59 Å². The van der Waals surface area contributed by atoms with E-state index in [0.717, 1.165) is 17.8 Å². The standard InChI is InChI=1S/C18H23N5O2/c1-12(2)23-7-6-20-18(25)16(23)9-17(24)22-14-5-3-4-13(8-14)15-10-19-11-21-15/h3-5,8,10-12,16H,6-7,9H2,1-2H3,(H,19,21)(H,20,25)(H,22,24). The minimum Gasteiger partial charge on any atom is -0.353 e. The number of imidazole rings is 1. The molecule has 0 bridgehead atoms. The van der Waals surface area contributed by atoms with Crippen molar-refractivity contribution in [1.29, 1.82) is 0 Å². The quantitative estimate of drug-likeness (QED) is 0.771. The zero-order chi connectivity index (χ0) is 17.8. The summed E-state index contributed by atoms with van der Waals surface area (Å²) in [7, 11) is 0. The van der Waals surface area contributed by atoms with Crippen LogP contribution in [0.25, 0.3) is 11.3 Å². The van der Waals surface area contributed by atoms with E-state index in [1.807, 2.05) is 38.1 Å². The number of piperazine rings is 1. The van der Waals surface area contributed by atoms with E-state index in [0.29, 0.717) is 12.2 Å². The molecule has 0 spiro atoms. The Morgan fingerprint density at radius 2 is 2.28 bits per heavy atom. The number of hydrogen-bond acceptors (Lipinski definition) is 4. The fraction of sp³-hybridized carbons (Fsp3) is 0.389. The van der Waals surface area contributed by atoms with Gasteiger partial charge in [0, 0.05) is 30.4 Å². The largest absolute Gasteiger partial charge is 0.353 e. The van der Waals surface area contributed by atoms with Crippen LogP contribution in [0.5, 0.6) is 0 Å². The lowest BCUT2D eigenvalue weighted by atomic mass is 10.1. The van der Waals surface area contributed by atoms with Crippen molar-refractivity contribution in [2.45, 2.75) is 32.4 Å². The van der Waals surface area contributed by atoms with Gasteiger partial charge in [0.1, 0.15) is 0 Å². The first-order valence-electron chi connectivity index (χ1n) is 8.46. The maximum absolute atomic E-state index is 12.5. The first-order valence-corrected chi connectivity index (χ1v) is 8.46. The molecule has 3 N–H and O–H groups in total. The fourth-order valence-electron chi connectivity index (χ4n) is 3.13. The van der Waals surface area contributed by atoms with E-state index < -0.39 is 6.04 Å². The van der Waals surface area contributed by atoms with Gasteiger partial charge in [0.05, 0.1) is 30.7 Å². The van der Waals surface area contributed by atoms with E-state index in [1.165, 1.54) is 0 Å². The van der Waals surface area contributed by atoms with Crippen molar-refractivity contribution in [3.63, 3.8) is 0 Å². The van der Waals surface area contributed by atoms with E-state index in [1.54, 1.807) is 12.5 Å². The Morgan fingerprint density at radius 1 is 1.44 bits per heavy atom. The van der Waals surface area contributed by atoms with E-state index in [9.17, 15) is 9.59 Å². The normalized spacial score (nSPS) is 18.2. The second-order valence-corrected chi connectivity index (χ2v) is 6.44. The lowest BCUT2D eigenvalue weighted by Crippen LogP contribution is -2.58. The van der Waals surface area contributed by atoms with E-state index >= 15 is 0 Å². The molecule has 1 aromatic heterocycles. The molecule has 0 aliphatic carbocycles. The lowest BCUT2D eigenvalue weighted by molar-refractivity contribution is -0.133. The van der Waals surface area contributed by atoms with Crippen LogP contribution in [-0.2, 0) is 9.59 Å². The number of anilines is 1. The van der Waals surface area contributed by atoms with Crippen molar-refractivity contribution >= 4 is 17.5 Å². The Bertz CT molecular complexity index is 742. The van der Waals surface area contributed by atoms with Gasteiger partial charge in [0.2, 0.25) is 11.8 Å². The Balaban J connectivity index is 1.68. The van der Waals surface area contributed by atoms with Gasteiger partial charge >= 0.3 is 0 Å². The predicted molar refractivity (Wildman–Crippen MR) is 95.9 cm³/mol. The molecule has 1 aliphatic rings. The molecule has 1 saturated heterocycles. The average Bonchev–Trinajstić information content (AvgIpc) is 3.11. The van der Waals surface area contributed by atoms with Crippen molar-refractivity contribution in [1.82, 2.24) is 20.2 Å². The highest BCUT2D eigenvalue weighted by molar-refractivity contribution is 5.96. The Labute approximate surface area is 146 Å². The molecule has 25 heavy (non-hydrogen) atoms. The third-order valence-corrected chi connectivity index (χ3v) is 4.37. The number of carbonyl (C=O) groups is 2. The summed E-state index contributed by atoms with van der Waals surface area (Å²) in [6.45, 7) is 5.47. The molecular formula is C18H23N5O2. The van der Waals surface area contributed by atoms with Crippen LogP contribution in [0.2, 0.25) is 0 Å². The zero-order valence-electron chi connectivity index (χ0n) is 14.5. The number of rotatable bonds is 5. The summed E-state index contributed by atoms with van der Waals surface area (Å²) in [5.74, 6) is -0.254. The van der Waals surface area contributed by atoms with Crippen LogP contribution in [0.4, 0.5) is 5.69 Å². The fourth-order valence-corrected chi connectivity index (χ4v) is 3.13. The third kappa shape index (κ3) is 4.06. The summed E-state index contributed by atoms with van der Waals surface area (Å²) in [4.78, 5) is 33.7. The van der Waals surface area contributed by atoms with Gasteiger partial charge in [-0.1, -0.05) is 12.1 Å². The molecule has 7 nitrogen and oxygen atoms in total. The Hall–Kier alpha value is -2.67. The average molecular weight is 341 g/mol. The summed E-state index contributed by atoms with van der Waals surface area (Å²) in [5.41, 5.74) is 2.52. The smallest absolute Gasteiger partial charge is 0.237 e. The number of nitrogens with zero attached hydrogens (tertiary/aromatic N) is 2. The molecule has 132 valence electrons. The molecule has 2 heterocycles. The molecule has 0 saturated carbocycles. The number of amides is 2. The molecule has 1 unspecified atom stereocenters. The van der Waals surface area contributed by atoms with Gasteiger partial charge in [-0.25, -0.2) is 4.98 Å². The van der Waals surface area contributed by atoms with Gasteiger partial charge in [-0.15, -0.1) is 0 Å². The number of benzene rings is 1. The molecule has 2 aromatic rings. The number of nitrogens with one attached hydrogen (secondary N) is 3. The third-order valence-electron chi connectivity index (χ3n) is 4.37. The van der Waals surface area contributed by atoms with Crippen LogP contribution in [0.1, 0.15) is 20.3 Å². The van der Waals surface area contributed by atoms with Gasteiger partial charge in [0.15, 0.2) is 0 Å². The molecule has 3 rings (SSSR count). The van der Waals surface area contributed by atoms with Crippen LogP contribution in [-0.4, -0.2) is 51.9 Å². The van der Waals surface area contributed by atoms with Crippen LogP contribution >= 0.6 is 0 Å². The summed E-state index contributed by atoms with van der Waals surface area (Å²) in [6, 6.07) is 7.32. The van der Waals surface area contributed by atoms with Crippen LogP contribution in [0.3, 0.4) is 0 Å². The molecule has 1 fully saturated rings. The van der Waals surface area contributed by atoms with E-state index in [4.69, 9.17) is 0 Å². The van der Waals surface area contributed by atoms with Crippen LogP contribution in [0.15, 0.2) is 36.8 Å². The van der Waals surface area contributed by atoms with Crippen molar-refractivity contribution in [3.05, 3.63) is 36.8 Å². The molecular weight excluding hydrogens is 318 g/mol. The second-order valence-electron chi connectivity index (χ2n) is 6.44. The van der Waals surface area contributed by atoms with Crippen molar-refractivity contribution in [3.8, 4) is 11.3 Å². The molecule has 1 aromatic carbocycles. The maximum Gasteiger partial charge on any atom is 0.237 e. The minimum atomic E-state index is -0.426. The Morgan fingerprint density at radius 3 is 3.00 bits per heavy atom. The first-order chi connectivity index (χ1) is 12.0. The molecule has 0 radical (unpaired) electrons.